The van der Waals surface area contributed by atoms with Crippen LogP contribution in [-0.4, -0.2) is 16.2 Å². The molecule has 0 fully saturated rings. The molecule has 0 saturated carbocycles. The van der Waals surface area contributed by atoms with Crippen molar-refractivity contribution in [3.63, 3.8) is 0 Å². The molecule has 1 aromatic carbocycles. The summed E-state index contributed by atoms with van der Waals surface area (Å²) in [5.74, 6) is -3.33. The number of carboxylic acid groups (broad SMARTS) is 1. The Bertz CT molecular complexity index is 631. The van der Waals surface area contributed by atoms with Gasteiger partial charge in [-0.05, 0) is 13.0 Å². The van der Waals surface area contributed by atoms with Crippen LogP contribution in [0.3, 0.4) is 0 Å². The third-order valence-corrected chi connectivity index (χ3v) is 2.45. The molecule has 0 aliphatic rings. The van der Waals surface area contributed by atoms with E-state index in [-0.39, 0.29) is 11.3 Å². The van der Waals surface area contributed by atoms with E-state index < -0.39 is 23.5 Å². The van der Waals surface area contributed by atoms with E-state index in [2.05, 4.69) is 9.68 Å². The molecule has 0 amide bonds. The van der Waals surface area contributed by atoms with Gasteiger partial charge in [-0.3, -0.25) is 0 Å². The van der Waals surface area contributed by atoms with E-state index >= 15 is 0 Å². The number of aryl methyl sites for hydroxylation is 1. The van der Waals surface area contributed by atoms with Crippen LogP contribution in [0, 0.1) is 6.92 Å². The van der Waals surface area contributed by atoms with Crippen LogP contribution in [0.1, 0.15) is 21.7 Å². The summed E-state index contributed by atoms with van der Waals surface area (Å²) in [6.07, 6.45) is -4.90. The largest absolute Gasteiger partial charge is 0.477 e. The first-order valence-corrected chi connectivity index (χ1v) is 5.18. The minimum absolute atomic E-state index is 0.261. The molecule has 0 aliphatic carbocycles. The highest BCUT2D eigenvalue weighted by molar-refractivity contribution is 5.96. The Hall–Kier alpha value is -2.31. The van der Waals surface area contributed by atoms with Gasteiger partial charge in [0.1, 0.15) is 11.3 Å². The highest BCUT2D eigenvalue weighted by atomic mass is 19.4. The second kappa shape index (κ2) is 4.42. The van der Waals surface area contributed by atoms with Crippen LogP contribution in [0.15, 0.2) is 28.8 Å². The number of carboxylic acids is 1. The van der Waals surface area contributed by atoms with Crippen molar-refractivity contribution in [2.24, 2.45) is 0 Å². The Balaban J connectivity index is 2.66. The average molecular weight is 271 g/mol. The lowest BCUT2D eigenvalue weighted by Crippen LogP contribution is -2.10. The third-order valence-electron chi connectivity index (χ3n) is 2.45. The first-order valence-electron chi connectivity index (χ1n) is 5.18. The lowest BCUT2D eigenvalue weighted by Gasteiger charge is -2.03. The number of hydrogen-bond donors (Lipinski definition) is 1. The second-order valence-corrected chi connectivity index (χ2v) is 3.91. The molecule has 0 saturated heterocycles. The van der Waals surface area contributed by atoms with E-state index in [1.807, 2.05) is 0 Å². The highest BCUT2D eigenvalue weighted by Gasteiger charge is 2.43. The number of aromatic nitrogens is 1. The molecule has 1 aromatic heterocycles. The predicted molar refractivity (Wildman–Crippen MR) is 58.6 cm³/mol. The van der Waals surface area contributed by atoms with Gasteiger partial charge in [-0.15, -0.1) is 0 Å². The van der Waals surface area contributed by atoms with Gasteiger partial charge in [0.05, 0.1) is 0 Å². The van der Waals surface area contributed by atoms with Gasteiger partial charge in [0.15, 0.2) is 0 Å². The lowest BCUT2D eigenvalue weighted by atomic mass is 10.0. The molecule has 0 bridgehead atoms. The van der Waals surface area contributed by atoms with Crippen LogP contribution in [0.2, 0.25) is 0 Å². The van der Waals surface area contributed by atoms with Gasteiger partial charge in [-0.1, -0.05) is 28.9 Å². The van der Waals surface area contributed by atoms with Crippen LogP contribution >= 0.6 is 0 Å². The Morgan fingerprint density at radius 1 is 1.37 bits per heavy atom. The van der Waals surface area contributed by atoms with Gasteiger partial charge >= 0.3 is 12.1 Å². The average Bonchev–Trinajstić information content (AvgIpc) is 2.72. The summed E-state index contributed by atoms with van der Waals surface area (Å²) in [6, 6.07) is 6.33. The van der Waals surface area contributed by atoms with Gasteiger partial charge in [0, 0.05) is 5.56 Å². The van der Waals surface area contributed by atoms with Gasteiger partial charge in [-0.2, -0.15) is 13.2 Å². The normalized spacial score (nSPS) is 11.6. The molecule has 4 nitrogen and oxygen atoms in total. The third kappa shape index (κ3) is 2.44. The molecule has 1 heterocycles. The van der Waals surface area contributed by atoms with Gasteiger partial charge in [0.2, 0.25) is 0 Å². The number of hydrogen-bond acceptors (Lipinski definition) is 3. The fourth-order valence-electron chi connectivity index (χ4n) is 1.67. The number of benzene rings is 1. The van der Waals surface area contributed by atoms with Crippen LogP contribution in [0.4, 0.5) is 13.2 Å². The van der Waals surface area contributed by atoms with Gasteiger partial charge < -0.3 is 9.63 Å². The van der Waals surface area contributed by atoms with E-state index in [0.29, 0.717) is 0 Å². The van der Waals surface area contributed by atoms with Crippen molar-refractivity contribution in [1.82, 2.24) is 5.16 Å². The van der Waals surface area contributed by atoms with Crippen LogP contribution in [0.5, 0.6) is 0 Å². The first kappa shape index (κ1) is 13.1. The summed E-state index contributed by atoms with van der Waals surface area (Å²) in [6.45, 7) is 1.73. The van der Waals surface area contributed by atoms with Crippen LogP contribution in [0.25, 0.3) is 11.3 Å². The maximum atomic E-state index is 12.6. The van der Waals surface area contributed by atoms with Gasteiger partial charge in [-0.25, -0.2) is 4.79 Å². The predicted octanol–water partition coefficient (Wildman–Crippen LogP) is 3.37. The number of halogens is 3. The zero-order valence-corrected chi connectivity index (χ0v) is 9.65. The van der Waals surface area contributed by atoms with Crippen molar-refractivity contribution in [2.45, 2.75) is 13.1 Å². The van der Waals surface area contributed by atoms with Crippen LogP contribution in [-0.2, 0) is 6.18 Å². The molecule has 1 N–H and O–H groups in total. The molecule has 19 heavy (non-hydrogen) atoms. The van der Waals surface area contributed by atoms with Crippen molar-refractivity contribution in [1.29, 1.82) is 0 Å². The Morgan fingerprint density at radius 2 is 2.05 bits per heavy atom. The molecular weight excluding hydrogens is 263 g/mol. The molecule has 2 rings (SSSR count). The quantitative estimate of drug-likeness (QED) is 0.909. The standard InChI is InChI=1S/C12H8F3NO3/c1-6-3-2-4-7(5-6)9-8(11(17)18)10(19-16-9)12(13,14)15/h2-5H,1H3,(H,17,18). The first-order chi connectivity index (χ1) is 8.80. The SMILES string of the molecule is Cc1cccc(-c2noc(C(F)(F)F)c2C(=O)O)c1. The molecule has 0 spiro atoms. The molecule has 7 heteroatoms. The minimum Gasteiger partial charge on any atom is -0.477 e. The van der Waals surface area contributed by atoms with Crippen molar-refractivity contribution < 1.29 is 27.6 Å². The van der Waals surface area contributed by atoms with E-state index in [0.717, 1.165) is 5.56 Å². The Labute approximate surface area is 105 Å². The summed E-state index contributed by atoms with van der Waals surface area (Å²) in [5, 5.41) is 12.2. The fourth-order valence-corrected chi connectivity index (χ4v) is 1.67. The van der Waals surface area contributed by atoms with Crippen molar-refractivity contribution >= 4 is 5.97 Å². The molecule has 0 aliphatic heterocycles. The van der Waals surface area contributed by atoms with E-state index in [1.165, 1.54) is 12.1 Å². The van der Waals surface area contributed by atoms with Crippen LogP contribution < -0.4 is 0 Å². The lowest BCUT2D eigenvalue weighted by molar-refractivity contribution is -0.156. The molecular formula is C12H8F3NO3. The van der Waals surface area contributed by atoms with Crippen molar-refractivity contribution in [3.05, 3.63) is 41.2 Å². The summed E-state index contributed by atoms with van der Waals surface area (Å²) >= 11 is 0. The zero-order valence-electron chi connectivity index (χ0n) is 9.65. The molecule has 0 unspecified atom stereocenters. The van der Waals surface area contributed by atoms with Crippen molar-refractivity contribution in [3.8, 4) is 11.3 Å². The smallest absolute Gasteiger partial charge is 0.453 e. The number of carbonyl (C=O) groups is 1. The second-order valence-electron chi connectivity index (χ2n) is 3.91. The van der Waals surface area contributed by atoms with Gasteiger partial charge in [0.25, 0.3) is 5.76 Å². The summed E-state index contributed by atoms with van der Waals surface area (Å²) in [7, 11) is 0. The zero-order chi connectivity index (χ0) is 14.2. The number of aromatic carboxylic acids is 1. The number of rotatable bonds is 2. The fraction of sp³-hybridized carbons (Fsp3) is 0.167. The maximum Gasteiger partial charge on any atom is 0.453 e. The van der Waals surface area contributed by atoms with E-state index in [9.17, 15) is 18.0 Å². The Morgan fingerprint density at radius 3 is 2.58 bits per heavy atom. The number of alkyl halides is 3. The molecule has 0 atom stereocenters. The summed E-state index contributed by atoms with van der Waals surface area (Å²) in [4.78, 5) is 11.0. The van der Waals surface area contributed by atoms with Crippen molar-refractivity contribution in [2.75, 3.05) is 0 Å². The minimum atomic E-state index is -4.90. The monoisotopic (exact) mass is 271 g/mol. The molecule has 100 valence electrons. The van der Waals surface area contributed by atoms with E-state index in [4.69, 9.17) is 5.11 Å². The highest BCUT2D eigenvalue weighted by Crippen LogP contribution is 2.36. The molecule has 0 radical (unpaired) electrons. The topological polar surface area (TPSA) is 63.3 Å². The summed E-state index contributed by atoms with van der Waals surface area (Å²) in [5.41, 5.74) is -0.274. The maximum absolute atomic E-state index is 12.6. The summed E-state index contributed by atoms with van der Waals surface area (Å²) < 4.78 is 42.0. The van der Waals surface area contributed by atoms with E-state index in [1.54, 1.807) is 19.1 Å². The number of nitrogens with zero attached hydrogens (tertiary/aromatic N) is 1. The Kier molecular flexibility index (Phi) is 3.05. The molecule has 2 aromatic rings.